The predicted octanol–water partition coefficient (Wildman–Crippen LogP) is 4.21. The highest BCUT2D eigenvalue weighted by molar-refractivity contribution is 6.42. The maximum Gasteiger partial charge on any atom is 0.219 e. The Morgan fingerprint density at radius 2 is 2.09 bits per heavy atom. The first-order chi connectivity index (χ1) is 10.4. The summed E-state index contributed by atoms with van der Waals surface area (Å²) in [7, 11) is 0. The van der Waals surface area contributed by atoms with Crippen molar-refractivity contribution in [1.82, 2.24) is 4.90 Å². The van der Waals surface area contributed by atoms with E-state index in [1.165, 1.54) is 0 Å². The molecule has 0 spiro atoms. The van der Waals surface area contributed by atoms with Crippen LogP contribution in [0.5, 0.6) is 0 Å². The van der Waals surface area contributed by atoms with Crippen molar-refractivity contribution < 1.29 is 9.90 Å². The molecule has 5 heteroatoms. The third-order valence-corrected chi connectivity index (χ3v) is 6.11. The van der Waals surface area contributed by atoms with Gasteiger partial charge in [-0.05, 0) is 30.9 Å². The monoisotopic (exact) mass is 341 g/mol. The van der Waals surface area contributed by atoms with Gasteiger partial charge in [0.15, 0.2) is 0 Å². The summed E-state index contributed by atoms with van der Waals surface area (Å²) in [5, 5.41) is 12.1. The molecule has 1 N–H and O–H groups in total. The number of halogens is 2. The Morgan fingerprint density at radius 1 is 1.32 bits per heavy atom. The van der Waals surface area contributed by atoms with E-state index in [4.69, 9.17) is 23.2 Å². The summed E-state index contributed by atoms with van der Waals surface area (Å²) >= 11 is 12.6. The van der Waals surface area contributed by atoms with Gasteiger partial charge in [0.2, 0.25) is 5.91 Å². The van der Waals surface area contributed by atoms with Crippen LogP contribution in [0.25, 0.3) is 0 Å². The van der Waals surface area contributed by atoms with Gasteiger partial charge in [-0.3, -0.25) is 4.79 Å². The van der Waals surface area contributed by atoms with E-state index in [0.717, 1.165) is 31.2 Å². The van der Waals surface area contributed by atoms with Gasteiger partial charge in [0.05, 0.1) is 21.7 Å². The SMILES string of the molecule is CC(=O)N1CC[C@]2(O)CCCC[C@H]2[C@H]1c1cccc(Cl)c1Cl. The fraction of sp³-hybridized carbons (Fsp3) is 0.588. The smallest absolute Gasteiger partial charge is 0.219 e. The van der Waals surface area contributed by atoms with Crippen LogP contribution in [0.4, 0.5) is 0 Å². The number of benzene rings is 1. The summed E-state index contributed by atoms with van der Waals surface area (Å²) in [4.78, 5) is 14.0. The Hall–Kier alpha value is -0.770. The molecule has 1 heterocycles. The first kappa shape index (κ1) is 16.1. The summed E-state index contributed by atoms with van der Waals surface area (Å²) in [5.41, 5.74) is 0.162. The Kier molecular flexibility index (Phi) is 4.41. The topological polar surface area (TPSA) is 40.5 Å². The zero-order valence-electron chi connectivity index (χ0n) is 12.7. The first-order valence-electron chi connectivity index (χ1n) is 7.87. The molecule has 120 valence electrons. The van der Waals surface area contributed by atoms with Crippen LogP contribution in [-0.4, -0.2) is 28.1 Å². The number of amides is 1. The number of nitrogens with zero attached hydrogens (tertiary/aromatic N) is 1. The van der Waals surface area contributed by atoms with E-state index in [0.29, 0.717) is 23.0 Å². The normalized spacial score (nSPS) is 31.7. The molecular weight excluding hydrogens is 321 g/mol. The lowest BCUT2D eigenvalue weighted by Gasteiger charge is -2.52. The summed E-state index contributed by atoms with van der Waals surface area (Å²) in [6.45, 7) is 2.15. The third kappa shape index (κ3) is 2.64. The van der Waals surface area contributed by atoms with Gasteiger partial charge in [-0.1, -0.05) is 48.2 Å². The van der Waals surface area contributed by atoms with E-state index >= 15 is 0 Å². The lowest BCUT2D eigenvalue weighted by Crippen LogP contribution is -2.55. The van der Waals surface area contributed by atoms with E-state index < -0.39 is 5.60 Å². The van der Waals surface area contributed by atoms with Crippen LogP contribution in [0, 0.1) is 5.92 Å². The van der Waals surface area contributed by atoms with Gasteiger partial charge < -0.3 is 10.0 Å². The second-order valence-electron chi connectivity index (χ2n) is 6.51. The molecule has 0 aromatic heterocycles. The number of aliphatic hydroxyl groups is 1. The Balaban J connectivity index is 2.08. The van der Waals surface area contributed by atoms with Crippen LogP contribution in [0.3, 0.4) is 0 Å². The Morgan fingerprint density at radius 3 is 2.82 bits per heavy atom. The first-order valence-corrected chi connectivity index (χ1v) is 8.63. The highest BCUT2D eigenvalue weighted by atomic mass is 35.5. The lowest BCUT2D eigenvalue weighted by atomic mass is 9.66. The molecule has 2 fully saturated rings. The fourth-order valence-corrected chi connectivity index (χ4v) is 4.59. The maximum atomic E-state index is 12.1. The van der Waals surface area contributed by atoms with Crippen LogP contribution >= 0.6 is 23.2 Å². The number of piperidine rings is 1. The number of fused-ring (bicyclic) bond motifs is 1. The van der Waals surface area contributed by atoms with Gasteiger partial charge in [-0.15, -0.1) is 0 Å². The van der Waals surface area contributed by atoms with E-state index in [1.54, 1.807) is 13.0 Å². The molecule has 22 heavy (non-hydrogen) atoms. The quantitative estimate of drug-likeness (QED) is 0.831. The van der Waals surface area contributed by atoms with Gasteiger partial charge in [0.25, 0.3) is 0 Å². The summed E-state index contributed by atoms with van der Waals surface area (Å²) in [6, 6.07) is 5.34. The van der Waals surface area contributed by atoms with Crippen molar-refractivity contribution in [1.29, 1.82) is 0 Å². The molecule has 0 bridgehead atoms. The van der Waals surface area contributed by atoms with Gasteiger partial charge in [-0.2, -0.15) is 0 Å². The second kappa shape index (κ2) is 6.03. The number of rotatable bonds is 1. The highest BCUT2D eigenvalue weighted by Crippen LogP contribution is 2.50. The number of carbonyl (C=O) groups excluding carboxylic acids is 1. The molecule has 1 aliphatic carbocycles. The second-order valence-corrected chi connectivity index (χ2v) is 7.29. The van der Waals surface area contributed by atoms with Crippen molar-refractivity contribution in [2.75, 3.05) is 6.54 Å². The standard InChI is InChI=1S/C17H21Cl2NO2/c1-11(21)20-10-9-17(22)8-3-2-6-13(17)16(20)12-5-4-7-14(18)15(12)19/h4-5,7,13,16,22H,2-3,6,8-10H2,1H3/t13-,16+,17+/m0/s1. The van der Waals surface area contributed by atoms with Crippen LogP contribution in [0.1, 0.15) is 50.6 Å². The molecule has 1 saturated heterocycles. The third-order valence-electron chi connectivity index (χ3n) is 5.27. The van der Waals surface area contributed by atoms with Gasteiger partial charge >= 0.3 is 0 Å². The number of hydrogen-bond acceptors (Lipinski definition) is 2. The van der Waals surface area contributed by atoms with Crippen LogP contribution in [0.2, 0.25) is 10.0 Å². The number of carbonyl (C=O) groups is 1. The largest absolute Gasteiger partial charge is 0.389 e. The van der Waals surface area contributed by atoms with E-state index in [1.807, 2.05) is 17.0 Å². The van der Waals surface area contributed by atoms with E-state index in [2.05, 4.69) is 0 Å². The minimum absolute atomic E-state index is 0.0219. The molecule has 1 saturated carbocycles. The lowest BCUT2D eigenvalue weighted by molar-refractivity contribution is -0.153. The average Bonchev–Trinajstić information content (AvgIpc) is 2.48. The number of likely N-dealkylation sites (tertiary alicyclic amines) is 1. The van der Waals surface area contributed by atoms with Crippen LogP contribution < -0.4 is 0 Å². The highest BCUT2D eigenvalue weighted by Gasteiger charge is 2.50. The number of hydrogen-bond donors (Lipinski definition) is 1. The molecule has 2 aliphatic rings. The van der Waals surface area contributed by atoms with Crippen molar-refractivity contribution in [3.63, 3.8) is 0 Å². The molecule has 0 radical (unpaired) electrons. The molecular formula is C17H21Cl2NO2. The molecule has 3 atom stereocenters. The van der Waals surface area contributed by atoms with Crippen molar-refractivity contribution in [2.24, 2.45) is 5.92 Å². The zero-order chi connectivity index (χ0) is 15.9. The molecule has 3 rings (SSSR count). The average molecular weight is 342 g/mol. The fourth-order valence-electron chi connectivity index (χ4n) is 4.17. The predicted molar refractivity (Wildman–Crippen MR) is 88.1 cm³/mol. The molecule has 1 aliphatic heterocycles. The van der Waals surface area contributed by atoms with Crippen molar-refractivity contribution >= 4 is 29.1 Å². The summed E-state index contributed by atoms with van der Waals surface area (Å²) in [5.74, 6) is 0.0449. The van der Waals surface area contributed by atoms with Crippen molar-refractivity contribution in [3.05, 3.63) is 33.8 Å². The minimum Gasteiger partial charge on any atom is -0.389 e. The van der Waals surface area contributed by atoms with Crippen molar-refractivity contribution in [3.8, 4) is 0 Å². The summed E-state index contributed by atoms with van der Waals surface area (Å²) < 4.78 is 0. The van der Waals surface area contributed by atoms with Gasteiger partial charge in [0, 0.05) is 19.4 Å². The molecule has 0 unspecified atom stereocenters. The van der Waals surface area contributed by atoms with Crippen molar-refractivity contribution in [2.45, 2.75) is 50.7 Å². The van der Waals surface area contributed by atoms with Crippen LogP contribution in [-0.2, 0) is 4.79 Å². The van der Waals surface area contributed by atoms with Crippen LogP contribution in [0.15, 0.2) is 18.2 Å². The zero-order valence-corrected chi connectivity index (χ0v) is 14.2. The minimum atomic E-state index is -0.694. The van der Waals surface area contributed by atoms with E-state index in [-0.39, 0.29) is 17.9 Å². The molecule has 1 aromatic rings. The Bertz CT molecular complexity index is 592. The summed E-state index contributed by atoms with van der Waals surface area (Å²) in [6.07, 6.45) is 4.48. The Labute approximate surface area is 141 Å². The van der Waals surface area contributed by atoms with Gasteiger partial charge in [0.1, 0.15) is 0 Å². The molecule has 1 aromatic carbocycles. The van der Waals surface area contributed by atoms with E-state index in [9.17, 15) is 9.90 Å². The maximum absolute atomic E-state index is 12.1. The van der Waals surface area contributed by atoms with Gasteiger partial charge in [-0.25, -0.2) is 0 Å². The molecule has 1 amide bonds. The molecule has 3 nitrogen and oxygen atoms in total.